The number of amides is 1. The number of rotatable bonds is 12. The first-order valence-electron chi connectivity index (χ1n) is 15.7. The molecule has 0 N–H and O–H groups in total. The fraction of sp³-hybridized carbons (Fsp3) is 0.710. The van der Waals surface area contributed by atoms with Crippen LogP contribution in [0.3, 0.4) is 0 Å². The summed E-state index contributed by atoms with van der Waals surface area (Å²) in [5.74, 6) is 1.55. The minimum atomic E-state index is -0.765. The van der Waals surface area contributed by atoms with Crippen LogP contribution in [0.5, 0.6) is 0 Å². The summed E-state index contributed by atoms with van der Waals surface area (Å²) in [6, 6.07) is 0. The molecule has 4 heterocycles. The molecular weight excluding hydrogens is 600 g/mol. The van der Waals surface area contributed by atoms with Crippen LogP contribution in [0.4, 0.5) is 10.5 Å². The first-order valence-corrected chi connectivity index (χ1v) is 18.7. The van der Waals surface area contributed by atoms with Gasteiger partial charge in [-0.1, -0.05) is 6.08 Å². The van der Waals surface area contributed by atoms with Gasteiger partial charge in [0.15, 0.2) is 5.82 Å². The Kier molecular flexibility index (Phi) is 11.6. The second kappa shape index (κ2) is 15.0. The largest absolute Gasteiger partial charge is 0.466 e. The number of fused-ring (bicyclic) bond motifs is 1. The van der Waals surface area contributed by atoms with E-state index in [-0.39, 0.29) is 30.8 Å². The number of nitrogens with zero attached hydrogens (tertiary/aromatic N) is 6. The molecule has 0 aliphatic carbocycles. The van der Waals surface area contributed by atoms with Crippen molar-refractivity contribution in [3.63, 3.8) is 0 Å². The molecule has 14 heteroatoms. The predicted octanol–water partition coefficient (Wildman–Crippen LogP) is 3.31. The van der Waals surface area contributed by atoms with E-state index in [0.29, 0.717) is 89.2 Å². The van der Waals surface area contributed by atoms with Gasteiger partial charge in [0.1, 0.15) is 18.0 Å². The van der Waals surface area contributed by atoms with Crippen molar-refractivity contribution in [1.82, 2.24) is 24.1 Å². The van der Waals surface area contributed by atoms with Gasteiger partial charge in [0, 0.05) is 38.4 Å². The van der Waals surface area contributed by atoms with Gasteiger partial charge in [-0.05, 0) is 71.3 Å². The summed E-state index contributed by atoms with van der Waals surface area (Å²) in [6.45, 7) is 11.1. The van der Waals surface area contributed by atoms with Gasteiger partial charge in [-0.25, -0.2) is 14.8 Å². The molecular formula is C31H50N6O7S. The van der Waals surface area contributed by atoms with E-state index >= 15 is 0 Å². The lowest BCUT2D eigenvalue weighted by Gasteiger charge is -2.37. The van der Waals surface area contributed by atoms with E-state index in [1.165, 1.54) is 4.52 Å². The Morgan fingerprint density at radius 1 is 1.11 bits per heavy atom. The molecule has 1 fully saturated rings. The average Bonchev–Trinajstić information content (AvgIpc) is 3.42. The second-order valence-electron chi connectivity index (χ2n) is 13.2. The minimum absolute atomic E-state index is 0.180. The Morgan fingerprint density at radius 2 is 1.84 bits per heavy atom. The van der Waals surface area contributed by atoms with Gasteiger partial charge in [0.05, 0.1) is 32.1 Å². The summed E-state index contributed by atoms with van der Waals surface area (Å²) < 4.78 is 25.8. The molecule has 2 aromatic heterocycles. The molecule has 0 saturated carbocycles. The van der Waals surface area contributed by atoms with Crippen molar-refractivity contribution in [1.29, 1.82) is 0 Å². The smallest absolute Gasteiger partial charge is 0.410 e. The van der Waals surface area contributed by atoms with Crippen LogP contribution in [0.1, 0.15) is 58.5 Å². The van der Waals surface area contributed by atoms with Gasteiger partial charge >= 0.3 is 12.1 Å². The summed E-state index contributed by atoms with van der Waals surface area (Å²) in [4.78, 5) is 47.8. The first kappa shape index (κ1) is 34.8. The highest BCUT2D eigenvalue weighted by molar-refractivity contribution is 8.32. The molecule has 252 valence electrons. The zero-order chi connectivity index (χ0) is 32.8. The molecule has 45 heavy (non-hydrogen) atoms. The number of esters is 1. The molecule has 2 aromatic rings. The number of aromatic nitrogens is 4. The third kappa shape index (κ3) is 9.46. The minimum Gasteiger partial charge on any atom is -0.466 e. The third-order valence-corrected chi connectivity index (χ3v) is 8.88. The van der Waals surface area contributed by atoms with E-state index in [9.17, 15) is 14.4 Å². The van der Waals surface area contributed by atoms with Crippen LogP contribution in [0.25, 0.3) is 11.4 Å². The maximum Gasteiger partial charge on any atom is 0.410 e. The number of carbonyl (C=O) groups excluding carboxylic acids is 2. The summed E-state index contributed by atoms with van der Waals surface area (Å²) in [7, 11) is -0.765. The molecule has 1 amide bonds. The lowest BCUT2D eigenvalue weighted by atomic mass is 10.1. The highest BCUT2D eigenvalue weighted by atomic mass is 32.3. The van der Waals surface area contributed by atoms with Crippen molar-refractivity contribution < 1.29 is 28.5 Å². The first-order chi connectivity index (χ1) is 21.3. The lowest BCUT2D eigenvalue weighted by molar-refractivity contribution is -0.143. The number of hydrogen-bond donors (Lipinski definition) is 0. The van der Waals surface area contributed by atoms with Gasteiger partial charge in [0.2, 0.25) is 5.78 Å². The monoisotopic (exact) mass is 650 g/mol. The Balaban J connectivity index is 1.74. The summed E-state index contributed by atoms with van der Waals surface area (Å²) in [5, 5.41) is 4.69. The van der Waals surface area contributed by atoms with Crippen LogP contribution in [-0.2, 0) is 36.9 Å². The van der Waals surface area contributed by atoms with Gasteiger partial charge in [0.25, 0.3) is 5.56 Å². The van der Waals surface area contributed by atoms with E-state index in [4.69, 9.17) is 23.9 Å². The average molecular weight is 651 g/mol. The molecule has 0 atom stereocenters. The van der Waals surface area contributed by atoms with Crippen LogP contribution in [0.2, 0.25) is 0 Å². The van der Waals surface area contributed by atoms with E-state index in [2.05, 4.69) is 23.9 Å². The fourth-order valence-electron chi connectivity index (χ4n) is 5.20. The molecule has 0 bridgehead atoms. The van der Waals surface area contributed by atoms with Crippen molar-refractivity contribution >= 4 is 39.1 Å². The van der Waals surface area contributed by atoms with E-state index in [1.807, 2.05) is 36.3 Å². The number of carbonyl (C=O) groups is 2. The van der Waals surface area contributed by atoms with Crippen LogP contribution < -0.4 is 10.5 Å². The Hall–Kier alpha value is -3.10. The van der Waals surface area contributed by atoms with E-state index in [1.54, 1.807) is 11.8 Å². The number of hydrogen-bond acceptors (Lipinski definition) is 10. The number of ether oxygens (including phenoxy) is 4. The van der Waals surface area contributed by atoms with Crippen molar-refractivity contribution in [2.24, 2.45) is 0 Å². The maximum atomic E-state index is 14.3. The van der Waals surface area contributed by atoms with E-state index < -0.39 is 15.6 Å². The molecule has 4 rings (SSSR count). The van der Waals surface area contributed by atoms with Crippen LogP contribution in [0, 0.1) is 0 Å². The SMILES string of the molecule is CCOC(=O)CCCc1c(N2CCN(C(=O)OC(C)(C)C)CC2)c(=O)n2nc(C3=CCOCC3)nc2n1COCCS(C)(C)C. The van der Waals surface area contributed by atoms with Gasteiger partial charge in [-0.15, -0.1) is 5.10 Å². The highest BCUT2D eigenvalue weighted by Gasteiger charge is 2.30. The summed E-state index contributed by atoms with van der Waals surface area (Å²) >= 11 is 0. The van der Waals surface area contributed by atoms with E-state index in [0.717, 1.165) is 17.0 Å². The molecule has 13 nitrogen and oxygen atoms in total. The van der Waals surface area contributed by atoms with Crippen molar-refractivity contribution in [2.45, 2.75) is 65.7 Å². The number of piperazine rings is 1. The molecule has 0 unspecified atom stereocenters. The molecule has 2 aliphatic rings. The predicted molar refractivity (Wildman–Crippen MR) is 176 cm³/mol. The van der Waals surface area contributed by atoms with Gasteiger partial charge in [-0.2, -0.15) is 9.50 Å². The number of anilines is 1. The van der Waals surface area contributed by atoms with Gasteiger partial charge in [-0.3, -0.25) is 14.2 Å². The normalized spacial score (nSPS) is 16.6. The van der Waals surface area contributed by atoms with Crippen LogP contribution in [-0.4, -0.2) is 119 Å². The quantitative estimate of drug-likeness (QED) is 0.249. The Labute approximate surface area is 267 Å². The van der Waals surface area contributed by atoms with Crippen molar-refractivity contribution in [3.05, 3.63) is 27.9 Å². The molecule has 0 radical (unpaired) electrons. The maximum absolute atomic E-state index is 14.3. The summed E-state index contributed by atoms with van der Waals surface area (Å²) in [6.07, 6.45) is 10.1. The Morgan fingerprint density at radius 3 is 2.47 bits per heavy atom. The highest BCUT2D eigenvalue weighted by Crippen LogP contribution is 2.33. The van der Waals surface area contributed by atoms with Gasteiger partial charge < -0.3 is 28.7 Å². The lowest BCUT2D eigenvalue weighted by Crippen LogP contribution is -2.51. The zero-order valence-corrected chi connectivity index (χ0v) is 28.7. The summed E-state index contributed by atoms with van der Waals surface area (Å²) in [5.41, 5.74) is 1.26. The molecule has 0 aromatic carbocycles. The zero-order valence-electron chi connectivity index (χ0n) is 27.9. The van der Waals surface area contributed by atoms with Crippen LogP contribution >= 0.6 is 10.0 Å². The molecule has 2 aliphatic heterocycles. The van der Waals surface area contributed by atoms with Crippen molar-refractivity contribution in [2.75, 3.05) is 82.0 Å². The second-order valence-corrected chi connectivity index (χ2v) is 17.8. The fourth-order valence-corrected chi connectivity index (χ4v) is 5.82. The molecule has 0 spiro atoms. The third-order valence-electron chi connectivity index (χ3n) is 7.48. The standard InChI is InChI=1S/C31H50N6O7S/c1-8-43-25(38)11-9-10-24-26(34-14-16-35(17-15-34)30(40)44-31(2,3)4)28(39)37-29(36(24)22-42-20-21-45(5,6)7)32-27(33-37)23-12-18-41-19-13-23/h12H,8-11,13-22H2,1-7H3. The van der Waals surface area contributed by atoms with Crippen LogP contribution in [0.15, 0.2) is 10.9 Å². The molecule has 1 saturated heterocycles. The Bertz CT molecular complexity index is 1430. The topological polar surface area (TPSA) is 130 Å². The van der Waals surface area contributed by atoms with Crippen molar-refractivity contribution in [3.8, 4) is 0 Å².